The number of carbonyl (C=O) groups is 1. The molecule has 0 aliphatic carbocycles. The van der Waals surface area contributed by atoms with Crippen molar-refractivity contribution in [2.24, 2.45) is 5.73 Å². The number of amides is 1. The predicted octanol–water partition coefficient (Wildman–Crippen LogP) is 2.72. The third kappa shape index (κ3) is 6.52. The number of rotatable bonds is 4. The molecule has 0 saturated heterocycles. The summed E-state index contributed by atoms with van der Waals surface area (Å²) in [5.74, 6) is 4.91. The summed E-state index contributed by atoms with van der Waals surface area (Å²) in [5, 5.41) is 2.70. The fraction of sp³-hybridized carbons (Fsp3) is 0.357. The van der Waals surface area contributed by atoms with E-state index in [2.05, 4.69) is 17.2 Å². The molecule has 0 aliphatic rings. The maximum absolute atomic E-state index is 12.0. The first kappa shape index (κ1) is 17.3. The van der Waals surface area contributed by atoms with Crippen LogP contribution in [-0.2, 0) is 0 Å². The largest absolute Gasteiger partial charge is 0.389 e. The highest BCUT2D eigenvalue weighted by atomic mass is 35.5. The Hall–Kier alpha value is -1.71. The molecule has 7 heteroatoms. The zero-order valence-electron chi connectivity index (χ0n) is 11.1. The fourth-order valence-corrected chi connectivity index (χ4v) is 1.72. The molecule has 0 aliphatic heterocycles. The molecule has 0 radical (unpaired) electrons. The van der Waals surface area contributed by atoms with Gasteiger partial charge in [-0.1, -0.05) is 23.4 Å². The molecule has 3 nitrogen and oxygen atoms in total. The maximum atomic E-state index is 12.0. The lowest BCUT2D eigenvalue weighted by Gasteiger charge is -2.08. The van der Waals surface area contributed by atoms with Gasteiger partial charge < -0.3 is 11.1 Å². The van der Waals surface area contributed by atoms with E-state index in [0.717, 1.165) is 0 Å². The first-order chi connectivity index (χ1) is 9.83. The predicted molar refractivity (Wildman–Crippen MR) is 75.0 cm³/mol. The molecule has 1 aromatic rings. The number of alkyl halides is 3. The Morgan fingerprint density at radius 2 is 2.10 bits per heavy atom. The molecule has 0 saturated carbocycles. The smallest absolute Gasteiger partial charge is 0.352 e. The van der Waals surface area contributed by atoms with Crippen LogP contribution in [0.25, 0.3) is 0 Å². The summed E-state index contributed by atoms with van der Waals surface area (Å²) in [4.78, 5) is 11.7. The second-order valence-electron chi connectivity index (χ2n) is 4.18. The van der Waals surface area contributed by atoms with Crippen molar-refractivity contribution in [3.8, 4) is 11.8 Å². The lowest BCUT2D eigenvalue weighted by atomic mass is 10.1. The molecule has 1 aromatic carbocycles. The molecular formula is C14H14ClF3N2O. The monoisotopic (exact) mass is 318 g/mol. The van der Waals surface area contributed by atoms with E-state index in [-0.39, 0.29) is 25.1 Å². The van der Waals surface area contributed by atoms with Crippen LogP contribution < -0.4 is 11.1 Å². The number of halogens is 4. The topological polar surface area (TPSA) is 55.1 Å². The van der Waals surface area contributed by atoms with Gasteiger partial charge in [0.15, 0.2) is 0 Å². The van der Waals surface area contributed by atoms with Gasteiger partial charge in [-0.2, -0.15) is 13.2 Å². The van der Waals surface area contributed by atoms with E-state index >= 15 is 0 Å². The Bertz CT molecular complexity index is 562. The van der Waals surface area contributed by atoms with E-state index in [9.17, 15) is 18.0 Å². The van der Waals surface area contributed by atoms with Crippen molar-refractivity contribution < 1.29 is 18.0 Å². The number of nitrogens with two attached hydrogens (primary N) is 1. The Kier molecular flexibility index (Phi) is 6.53. The summed E-state index contributed by atoms with van der Waals surface area (Å²) < 4.78 is 35.9. The number of carbonyl (C=O) groups excluding carboxylic acids is 1. The van der Waals surface area contributed by atoms with Crippen molar-refractivity contribution in [2.45, 2.75) is 19.0 Å². The van der Waals surface area contributed by atoms with Crippen LogP contribution in [0, 0.1) is 11.8 Å². The zero-order valence-corrected chi connectivity index (χ0v) is 11.8. The summed E-state index contributed by atoms with van der Waals surface area (Å²) in [6.45, 7) is 0.141. The van der Waals surface area contributed by atoms with Crippen molar-refractivity contribution in [1.82, 2.24) is 5.32 Å². The highest BCUT2D eigenvalue weighted by Gasteiger charge is 2.26. The van der Waals surface area contributed by atoms with Gasteiger partial charge in [0.1, 0.15) is 0 Å². The molecule has 1 rings (SSSR count). The van der Waals surface area contributed by atoms with Gasteiger partial charge in [-0.15, -0.1) is 0 Å². The Balaban J connectivity index is 2.57. The van der Waals surface area contributed by atoms with Gasteiger partial charge in [0.25, 0.3) is 5.91 Å². The van der Waals surface area contributed by atoms with Gasteiger partial charge in [0, 0.05) is 24.1 Å². The minimum atomic E-state index is -4.21. The highest BCUT2D eigenvalue weighted by molar-refractivity contribution is 6.32. The second-order valence-corrected chi connectivity index (χ2v) is 4.58. The fourth-order valence-electron chi connectivity index (χ4n) is 1.50. The molecule has 21 heavy (non-hydrogen) atoms. The molecule has 0 atom stereocenters. The van der Waals surface area contributed by atoms with Gasteiger partial charge in [0.2, 0.25) is 0 Å². The van der Waals surface area contributed by atoms with Gasteiger partial charge in [-0.25, -0.2) is 0 Å². The van der Waals surface area contributed by atoms with Crippen LogP contribution in [0.3, 0.4) is 0 Å². The van der Waals surface area contributed by atoms with Crippen molar-refractivity contribution in [3.63, 3.8) is 0 Å². The van der Waals surface area contributed by atoms with Crippen LogP contribution in [0.1, 0.15) is 28.8 Å². The van der Waals surface area contributed by atoms with Crippen molar-refractivity contribution in [2.75, 3.05) is 13.1 Å². The molecular weight excluding hydrogens is 305 g/mol. The summed E-state index contributed by atoms with van der Waals surface area (Å²) in [7, 11) is 0. The molecule has 0 heterocycles. The maximum Gasteiger partial charge on any atom is 0.389 e. The summed E-state index contributed by atoms with van der Waals surface area (Å²) in [6.07, 6.45) is -5.30. The minimum absolute atomic E-state index is 0.0509. The average Bonchev–Trinajstić information content (AvgIpc) is 2.41. The minimum Gasteiger partial charge on any atom is -0.352 e. The Morgan fingerprint density at radius 1 is 1.38 bits per heavy atom. The number of hydrogen-bond donors (Lipinski definition) is 2. The molecule has 0 bridgehead atoms. The molecule has 0 unspecified atom stereocenters. The normalized spacial score (nSPS) is 10.7. The molecule has 0 fully saturated rings. The molecule has 114 valence electrons. The van der Waals surface area contributed by atoms with E-state index in [1.807, 2.05) is 0 Å². The van der Waals surface area contributed by atoms with Gasteiger partial charge in [-0.05, 0) is 24.6 Å². The second kappa shape index (κ2) is 7.91. The standard InChI is InChI=1S/C14H14ClF3N2O/c15-12-9-11(5-4-10(12)3-1-7-19)13(21)20-8-2-6-14(16,17)18/h4-5,9H,2,6-8,19H2,(H,20,21). The number of benzene rings is 1. The third-order valence-electron chi connectivity index (χ3n) is 2.48. The first-order valence-electron chi connectivity index (χ1n) is 6.17. The molecule has 0 spiro atoms. The van der Waals surface area contributed by atoms with E-state index < -0.39 is 18.5 Å². The Morgan fingerprint density at radius 3 is 2.67 bits per heavy atom. The summed E-state index contributed by atoms with van der Waals surface area (Å²) in [5.41, 5.74) is 6.05. The Labute approximate surface area is 125 Å². The lowest BCUT2D eigenvalue weighted by Crippen LogP contribution is -2.25. The highest BCUT2D eigenvalue weighted by Crippen LogP contribution is 2.21. The van der Waals surface area contributed by atoms with E-state index in [4.69, 9.17) is 17.3 Å². The van der Waals surface area contributed by atoms with Crippen LogP contribution in [0.15, 0.2) is 18.2 Å². The summed E-state index contributed by atoms with van der Waals surface area (Å²) >= 11 is 5.96. The molecule has 1 amide bonds. The van der Waals surface area contributed by atoms with E-state index in [0.29, 0.717) is 10.6 Å². The quantitative estimate of drug-likeness (QED) is 0.662. The van der Waals surface area contributed by atoms with Crippen LogP contribution in [0.2, 0.25) is 5.02 Å². The van der Waals surface area contributed by atoms with Crippen molar-refractivity contribution in [1.29, 1.82) is 0 Å². The number of hydrogen-bond acceptors (Lipinski definition) is 2. The first-order valence-corrected chi connectivity index (χ1v) is 6.54. The third-order valence-corrected chi connectivity index (χ3v) is 2.79. The van der Waals surface area contributed by atoms with Crippen molar-refractivity contribution in [3.05, 3.63) is 34.3 Å². The van der Waals surface area contributed by atoms with Crippen LogP contribution in [0.4, 0.5) is 13.2 Å². The molecule has 3 N–H and O–H groups in total. The SMILES string of the molecule is NCC#Cc1ccc(C(=O)NCCCC(F)(F)F)cc1Cl. The zero-order chi connectivity index (χ0) is 15.9. The van der Waals surface area contributed by atoms with Gasteiger partial charge >= 0.3 is 6.18 Å². The molecule has 0 aromatic heterocycles. The lowest BCUT2D eigenvalue weighted by molar-refractivity contribution is -0.135. The van der Waals surface area contributed by atoms with Crippen LogP contribution >= 0.6 is 11.6 Å². The van der Waals surface area contributed by atoms with Crippen LogP contribution in [0.5, 0.6) is 0 Å². The van der Waals surface area contributed by atoms with Gasteiger partial charge in [-0.3, -0.25) is 4.79 Å². The average molecular weight is 319 g/mol. The van der Waals surface area contributed by atoms with E-state index in [1.54, 1.807) is 6.07 Å². The van der Waals surface area contributed by atoms with Crippen molar-refractivity contribution >= 4 is 17.5 Å². The van der Waals surface area contributed by atoms with E-state index in [1.165, 1.54) is 12.1 Å². The van der Waals surface area contributed by atoms with Crippen LogP contribution in [-0.4, -0.2) is 25.2 Å². The number of nitrogens with one attached hydrogen (secondary N) is 1. The summed E-state index contributed by atoms with van der Waals surface area (Å²) in [6, 6.07) is 4.49. The van der Waals surface area contributed by atoms with Gasteiger partial charge in [0.05, 0.1) is 11.6 Å².